The van der Waals surface area contributed by atoms with Crippen molar-refractivity contribution in [2.45, 2.75) is 39.3 Å². The zero-order valence-electron chi connectivity index (χ0n) is 10.1. The molecule has 1 heterocycles. The van der Waals surface area contributed by atoms with Gasteiger partial charge in [0, 0.05) is 19.1 Å². The second kappa shape index (κ2) is 5.30. The van der Waals surface area contributed by atoms with Crippen molar-refractivity contribution in [3.05, 3.63) is 0 Å². The number of carboxylic acid groups (broad SMARTS) is 1. The Morgan fingerprint density at radius 2 is 2.25 bits per heavy atom. The lowest BCUT2D eigenvalue weighted by atomic mass is 10.0. The first-order valence-corrected chi connectivity index (χ1v) is 5.67. The van der Waals surface area contributed by atoms with Gasteiger partial charge < -0.3 is 15.3 Å². The number of amides is 1. The van der Waals surface area contributed by atoms with Crippen molar-refractivity contribution in [3.63, 3.8) is 0 Å². The summed E-state index contributed by atoms with van der Waals surface area (Å²) in [5.41, 5.74) is 0. The first-order valence-electron chi connectivity index (χ1n) is 5.67. The Bertz CT molecular complexity index is 278. The van der Waals surface area contributed by atoms with Gasteiger partial charge in [-0.3, -0.25) is 9.59 Å². The van der Waals surface area contributed by atoms with Gasteiger partial charge in [-0.05, 0) is 12.8 Å². The molecule has 2 atom stereocenters. The van der Waals surface area contributed by atoms with Crippen LogP contribution in [0, 0.1) is 5.92 Å². The Labute approximate surface area is 95.8 Å². The lowest BCUT2D eigenvalue weighted by Crippen LogP contribution is -2.60. The van der Waals surface area contributed by atoms with E-state index in [-0.39, 0.29) is 18.4 Å². The normalized spacial score (nSPS) is 26.2. The Morgan fingerprint density at radius 3 is 2.75 bits per heavy atom. The van der Waals surface area contributed by atoms with E-state index in [1.807, 2.05) is 20.8 Å². The molecule has 0 bridgehead atoms. The van der Waals surface area contributed by atoms with Crippen molar-refractivity contribution < 1.29 is 14.7 Å². The number of carboxylic acids is 1. The minimum Gasteiger partial charge on any atom is -0.481 e. The quantitative estimate of drug-likeness (QED) is 0.726. The van der Waals surface area contributed by atoms with Gasteiger partial charge >= 0.3 is 5.97 Å². The largest absolute Gasteiger partial charge is 0.481 e. The van der Waals surface area contributed by atoms with E-state index in [0.29, 0.717) is 19.0 Å². The fourth-order valence-corrected chi connectivity index (χ4v) is 1.93. The number of hydrogen-bond acceptors (Lipinski definition) is 3. The number of carbonyl (C=O) groups is 2. The first kappa shape index (κ1) is 13.0. The van der Waals surface area contributed by atoms with Gasteiger partial charge in [-0.15, -0.1) is 0 Å². The third-order valence-electron chi connectivity index (χ3n) is 2.71. The lowest BCUT2D eigenvalue weighted by Gasteiger charge is -2.38. The van der Waals surface area contributed by atoms with Gasteiger partial charge in [-0.2, -0.15) is 0 Å². The summed E-state index contributed by atoms with van der Waals surface area (Å²) < 4.78 is 0. The zero-order valence-corrected chi connectivity index (χ0v) is 10.1. The van der Waals surface area contributed by atoms with Crippen LogP contribution < -0.4 is 5.32 Å². The standard InChI is InChI=1S/C11H20N2O3/c1-7(2)6-13-8(3)5-12-9(11(13)16)4-10(14)15/h7-9,12H,4-6H2,1-3H3,(H,14,15). The maximum absolute atomic E-state index is 12.0. The summed E-state index contributed by atoms with van der Waals surface area (Å²) in [7, 11) is 0. The molecule has 0 radical (unpaired) electrons. The molecule has 5 heteroatoms. The molecule has 0 saturated carbocycles. The predicted octanol–water partition coefficient (Wildman–Crippen LogP) is 0.306. The maximum Gasteiger partial charge on any atom is 0.305 e. The van der Waals surface area contributed by atoms with Crippen LogP contribution in [0.1, 0.15) is 27.2 Å². The highest BCUT2D eigenvalue weighted by atomic mass is 16.4. The average Bonchev–Trinajstić information content (AvgIpc) is 2.16. The smallest absolute Gasteiger partial charge is 0.305 e. The molecule has 5 nitrogen and oxygen atoms in total. The highest BCUT2D eigenvalue weighted by Crippen LogP contribution is 2.13. The van der Waals surface area contributed by atoms with Crippen molar-refractivity contribution in [2.24, 2.45) is 5.92 Å². The third-order valence-corrected chi connectivity index (χ3v) is 2.71. The zero-order chi connectivity index (χ0) is 12.3. The minimum absolute atomic E-state index is 0.0881. The monoisotopic (exact) mass is 228 g/mol. The SMILES string of the molecule is CC(C)CN1C(=O)C(CC(=O)O)NCC1C. The Kier molecular flexibility index (Phi) is 4.29. The van der Waals surface area contributed by atoms with E-state index < -0.39 is 12.0 Å². The molecule has 1 aliphatic rings. The summed E-state index contributed by atoms with van der Waals surface area (Å²) in [5.74, 6) is -0.630. The molecule has 0 aliphatic carbocycles. The number of nitrogens with zero attached hydrogens (tertiary/aromatic N) is 1. The van der Waals surface area contributed by atoms with Crippen LogP contribution in [0.3, 0.4) is 0 Å². The molecule has 0 aromatic carbocycles. The van der Waals surface area contributed by atoms with Crippen molar-refractivity contribution >= 4 is 11.9 Å². The van der Waals surface area contributed by atoms with Crippen LogP contribution in [0.4, 0.5) is 0 Å². The van der Waals surface area contributed by atoms with Gasteiger partial charge in [-0.25, -0.2) is 0 Å². The van der Waals surface area contributed by atoms with E-state index >= 15 is 0 Å². The molecule has 0 aromatic rings. The van der Waals surface area contributed by atoms with E-state index in [0.717, 1.165) is 0 Å². The summed E-state index contributed by atoms with van der Waals surface area (Å²) in [5, 5.41) is 11.7. The van der Waals surface area contributed by atoms with Crippen LogP contribution in [0.25, 0.3) is 0 Å². The summed E-state index contributed by atoms with van der Waals surface area (Å²) in [6.07, 6.45) is -0.139. The fourth-order valence-electron chi connectivity index (χ4n) is 1.93. The fraction of sp³-hybridized carbons (Fsp3) is 0.818. The molecule has 1 aliphatic heterocycles. The van der Waals surface area contributed by atoms with Gasteiger partial charge in [0.1, 0.15) is 0 Å². The molecule has 0 spiro atoms. The van der Waals surface area contributed by atoms with Gasteiger partial charge in [0.15, 0.2) is 0 Å². The average molecular weight is 228 g/mol. The van der Waals surface area contributed by atoms with E-state index in [2.05, 4.69) is 5.32 Å². The molecule has 1 rings (SSSR count). The number of piperazine rings is 1. The maximum atomic E-state index is 12.0. The third kappa shape index (κ3) is 3.20. The molecule has 1 amide bonds. The summed E-state index contributed by atoms with van der Waals surface area (Å²) >= 11 is 0. The number of rotatable bonds is 4. The first-order chi connectivity index (χ1) is 7.41. The highest BCUT2D eigenvalue weighted by molar-refractivity contribution is 5.87. The topological polar surface area (TPSA) is 69.6 Å². The second-order valence-electron chi connectivity index (χ2n) is 4.79. The summed E-state index contributed by atoms with van der Waals surface area (Å²) in [6, 6.07) is -0.424. The molecule has 1 fully saturated rings. The predicted molar refractivity (Wildman–Crippen MR) is 60.1 cm³/mol. The van der Waals surface area contributed by atoms with Crippen LogP contribution in [0.15, 0.2) is 0 Å². The molecule has 0 aromatic heterocycles. The summed E-state index contributed by atoms with van der Waals surface area (Å²) in [4.78, 5) is 24.4. The Balaban J connectivity index is 2.67. The number of hydrogen-bond donors (Lipinski definition) is 2. The van der Waals surface area contributed by atoms with Gasteiger partial charge in [0.25, 0.3) is 0 Å². The van der Waals surface area contributed by atoms with E-state index in [1.54, 1.807) is 4.90 Å². The van der Waals surface area contributed by atoms with Crippen LogP contribution in [0.5, 0.6) is 0 Å². The molecule has 2 N–H and O–H groups in total. The second-order valence-corrected chi connectivity index (χ2v) is 4.79. The van der Waals surface area contributed by atoms with Crippen molar-refractivity contribution in [1.29, 1.82) is 0 Å². The molecule has 2 unspecified atom stereocenters. The molecule has 92 valence electrons. The van der Waals surface area contributed by atoms with Gasteiger partial charge in [-0.1, -0.05) is 13.8 Å². The van der Waals surface area contributed by atoms with Crippen LogP contribution in [-0.4, -0.2) is 47.1 Å². The van der Waals surface area contributed by atoms with E-state index in [4.69, 9.17) is 5.11 Å². The van der Waals surface area contributed by atoms with Crippen LogP contribution in [0.2, 0.25) is 0 Å². The molecule has 16 heavy (non-hydrogen) atoms. The summed E-state index contributed by atoms with van der Waals surface area (Å²) in [6.45, 7) is 7.43. The molecular formula is C11H20N2O3. The lowest BCUT2D eigenvalue weighted by molar-refractivity contribution is -0.145. The Hall–Kier alpha value is -1.10. The van der Waals surface area contributed by atoms with Crippen molar-refractivity contribution in [3.8, 4) is 0 Å². The van der Waals surface area contributed by atoms with Crippen molar-refractivity contribution in [2.75, 3.05) is 13.1 Å². The minimum atomic E-state index is -0.940. The van der Waals surface area contributed by atoms with Crippen LogP contribution >= 0.6 is 0 Å². The molecular weight excluding hydrogens is 208 g/mol. The van der Waals surface area contributed by atoms with E-state index in [1.165, 1.54) is 0 Å². The number of nitrogens with one attached hydrogen (secondary N) is 1. The molecule has 1 saturated heterocycles. The highest BCUT2D eigenvalue weighted by Gasteiger charge is 2.33. The van der Waals surface area contributed by atoms with Gasteiger partial charge in [0.2, 0.25) is 5.91 Å². The number of carbonyl (C=O) groups excluding carboxylic acids is 1. The van der Waals surface area contributed by atoms with Crippen LogP contribution in [-0.2, 0) is 9.59 Å². The van der Waals surface area contributed by atoms with Gasteiger partial charge in [0.05, 0.1) is 12.5 Å². The number of aliphatic carboxylic acids is 1. The Morgan fingerprint density at radius 1 is 1.62 bits per heavy atom. The van der Waals surface area contributed by atoms with E-state index in [9.17, 15) is 9.59 Å². The van der Waals surface area contributed by atoms with Crippen molar-refractivity contribution in [1.82, 2.24) is 10.2 Å².